The van der Waals surface area contributed by atoms with E-state index in [0.29, 0.717) is 0 Å². The Labute approximate surface area is 161 Å². The van der Waals surface area contributed by atoms with Crippen molar-refractivity contribution in [3.05, 3.63) is 24.5 Å². The number of methoxy groups -OCH3 is 1. The highest BCUT2D eigenvalue weighted by atomic mass is 16.8. The Bertz CT molecular complexity index is 575. The molecule has 0 aromatic carbocycles. The normalized spacial score (nSPS) is 38.5. The maximum Gasteiger partial charge on any atom is 0.337 e. The average Bonchev–Trinajstić information content (AvgIpc) is 2.67. The Morgan fingerprint density at radius 2 is 1.93 bits per heavy atom. The predicted molar refractivity (Wildman–Crippen MR) is 89.8 cm³/mol. The number of rotatable bonds is 7. The Balaban J connectivity index is 2.23. The minimum Gasteiger partial charge on any atom is -0.471 e. The van der Waals surface area contributed by atoms with Crippen LogP contribution in [0.1, 0.15) is 6.42 Å². The Morgan fingerprint density at radius 3 is 2.46 bits per heavy atom. The lowest BCUT2D eigenvalue weighted by Gasteiger charge is -2.43. The molecule has 8 atom stereocenters. The van der Waals surface area contributed by atoms with Gasteiger partial charge in [-0.3, -0.25) is 0 Å². The molecule has 1 fully saturated rings. The van der Waals surface area contributed by atoms with Crippen LogP contribution in [-0.4, -0.2) is 93.6 Å². The van der Waals surface area contributed by atoms with Gasteiger partial charge in [0.2, 0.25) is 6.29 Å². The molecule has 2 aliphatic rings. The van der Waals surface area contributed by atoms with E-state index >= 15 is 0 Å². The molecule has 2 aliphatic heterocycles. The van der Waals surface area contributed by atoms with Gasteiger partial charge >= 0.3 is 5.97 Å². The molecule has 11 heteroatoms. The smallest absolute Gasteiger partial charge is 0.337 e. The van der Waals surface area contributed by atoms with Crippen LogP contribution in [0.2, 0.25) is 0 Å². The third-order valence-electron chi connectivity index (χ3n) is 4.78. The molecule has 6 N–H and O–H groups in total. The van der Waals surface area contributed by atoms with Crippen LogP contribution in [0, 0.1) is 11.8 Å². The molecule has 0 saturated carbocycles. The van der Waals surface area contributed by atoms with Gasteiger partial charge in [-0.1, -0.05) is 6.08 Å². The van der Waals surface area contributed by atoms with Crippen LogP contribution >= 0.6 is 0 Å². The van der Waals surface area contributed by atoms with Crippen molar-refractivity contribution in [2.75, 3.05) is 13.7 Å². The third kappa shape index (κ3) is 4.70. The first kappa shape index (κ1) is 22.7. The number of carbonyl (C=O) groups is 1. The molecular formula is C17H26O11. The molecule has 2 heterocycles. The van der Waals surface area contributed by atoms with E-state index in [1.807, 2.05) is 0 Å². The summed E-state index contributed by atoms with van der Waals surface area (Å²) < 4.78 is 20.9. The lowest BCUT2D eigenvalue weighted by Crippen LogP contribution is -2.60. The maximum atomic E-state index is 12.0. The first-order chi connectivity index (χ1) is 13.2. The fraction of sp³-hybridized carbons (Fsp3) is 0.706. The van der Waals surface area contributed by atoms with E-state index in [-0.39, 0.29) is 12.0 Å². The maximum absolute atomic E-state index is 12.0. The number of ether oxygens (including phenoxy) is 4. The van der Waals surface area contributed by atoms with Crippen molar-refractivity contribution in [1.29, 1.82) is 0 Å². The molecule has 28 heavy (non-hydrogen) atoms. The molecule has 11 nitrogen and oxygen atoms in total. The average molecular weight is 406 g/mol. The molecule has 0 aromatic rings. The summed E-state index contributed by atoms with van der Waals surface area (Å²) in [6, 6.07) is 0. The quantitative estimate of drug-likeness (QED) is 0.148. The fourth-order valence-electron chi connectivity index (χ4n) is 3.25. The van der Waals surface area contributed by atoms with Gasteiger partial charge in [0.1, 0.15) is 24.4 Å². The largest absolute Gasteiger partial charge is 0.471 e. The molecule has 0 amide bonds. The second-order valence-electron chi connectivity index (χ2n) is 6.54. The first-order valence-electron chi connectivity index (χ1n) is 8.63. The Hall–Kier alpha value is -1.57. The van der Waals surface area contributed by atoms with Crippen LogP contribution in [0.15, 0.2) is 24.5 Å². The van der Waals surface area contributed by atoms with E-state index < -0.39 is 67.7 Å². The van der Waals surface area contributed by atoms with Gasteiger partial charge in [-0.25, -0.2) is 4.79 Å². The molecule has 0 spiro atoms. The van der Waals surface area contributed by atoms with Crippen LogP contribution in [0.25, 0.3) is 0 Å². The second-order valence-corrected chi connectivity index (χ2v) is 6.54. The van der Waals surface area contributed by atoms with E-state index in [2.05, 4.69) is 11.3 Å². The van der Waals surface area contributed by atoms with E-state index in [4.69, 9.17) is 14.2 Å². The highest BCUT2D eigenvalue weighted by Gasteiger charge is 2.47. The summed E-state index contributed by atoms with van der Waals surface area (Å²) in [6.45, 7) is 3.01. The SMILES string of the molecule is C=C[C@H]1[C@H](O[C@@H]2O[C@H](CO)[C@@H](O)[C@H](O)[C@H]2O)OC=C(C(=O)OC)[C@H]1CC(O)O. The van der Waals surface area contributed by atoms with Crippen molar-refractivity contribution >= 4 is 5.97 Å². The van der Waals surface area contributed by atoms with Crippen molar-refractivity contribution in [1.82, 2.24) is 0 Å². The molecule has 0 radical (unpaired) electrons. The Kier molecular flexibility index (Phi) is 7.92. The third-order valence-corrected chi connectivity index (χ3v) is 4.78. The minimum absolute atomic E-state index is 0.0363. The number of hydrogen-bond acceptors (Lipinski definition) is 11. The summed E-state index contributed by atoms with van der Waals surface area (Å²) >= 11 is 0. The van der Waals surface area contributed by atoms with Gasteiger partial charge < -0.3 is 49.6 Å². The van der Waals surface area contributed by atoms with Gasteiger partial charge in [0, 0.05) is 18.3 Å². The molecule has 1 saturated heterocycles. The van der Waals surface area contributed by atoms with Crippen LogP contribution in [0.4, 0.5) is 0 Å². The van der Waals surface area contributed by atoms with Crippen molar-refractivity contribution < 1.29 is 54.4 Å². The van der Waals surface area contributed by atoms with Gasteiger partial charge in [0.25, 0.3) is 0 Å². The number of aliphatic hydroxyl groups excluding tert-OH is 5. The lowest BCUT2D eigenvalue weighted by molar-refractivity contribution is -0.339. The summed E-state index contributed by atoms with van der Waals surface area (Å²) in [7, 11) is 1.16. The molecular weight excluding hydrogens is 380 g/mol. The highest BCUT2D eigenvalue weighted by Crippen LogP contribution is 2.37. The van der Waals surface area contributed by atoms with E-state index in [1.54, 1.807) is 0 Å². The highest BCUT2D eigenvalue weighted by molar-refractivity contribution is 5.88. The molecule has 160 valence electrons. The summed E-state index contributed by atoms with van der Waals surface area (Å²) in [6.07, 6.45) is -8.26. The Morgan fingerprint density at radius 1 is 1.25 bits per heavy atom. The van der Waals surface area contributed by atoms with E-state index in [1.165, 1.54) is 6.08 Å². The van der Waals surface area contributed by atoms with Gasteiger partial charge in [-0.15, -0.1) is 6.58 Å². The van der Waals surface area contributed by atoms with Crippen molar-refractivity contribution in [3.63, 3.8) is 0 Å². The summed E-state index contributed by atoms with van der Waals surface area (Å²) in [4.78, 5) is 12.0. The number of hydrogen-bond donors (Lipinski definition) is 6. The van der Waals surface area contributed by atoms with Crippen LogP contribution in [0.3, 0.4) is 0 Å². The number of aliphatic hydroxyl groups is 6. The number of carbonyl (C=O) groups excluding carboxylic acids is 1. The predicted octanol–water partition coefficient (Wildman–Crippen LogP) is -2.66. The fourth-order valence-corrected chi connectivity index (χ4v) is 3.25. The standard InChI is InChI=1S/C17H26O11/c1-3-7-8(4-11(19)20)9(15(24)25-2)6-26-16(7)28-17-14(23)13(22)12(21)10(5-18)27-17/h3,6-8,10-14,16-23H,1,4-5H2,2H3/t7-,8+,10-,12-,13+,14-,16+,17+/m1/s1. The monoisotopic (exact) mass is 406 g/mol. The lowest BCUT2D eigenvalue weighted by atomic mass is 9.81. The van der Waals surface area contributed by atoms with Crippen LogP contribution < -0.4 is 0 Å². The van der Waals surface area contributed by atoms with Gasteiger partial charge in [-0.05, 0) is 0 Å². The molecule has 2 rings (SSSR count). The number of esters is 1. The van der Waals surface area contributed by atoms with Crippen molar-refractivity contribution in [2.45, 2.75) is 49.7 Å². The minimum atomic E-state index is -1.74. The second kappa shape index (κ2) is 9.76. The first-order valence-corrected chi connectivity index (χ1v) is 8.63. The van der Waals surface area contributed by atoms with Crippen LogP contribution in [0.5, 0.6) is 0 Å². The van der Waals surface area contributed by atoms with Gasteiger partial charge in [-0.2, -0.15) is 0 Å². The summed E-state index contributed by atoms with van der Waals surface area (Å²) in [5.41, 5.74) is 0.0363. The van der Waals surface area contributed by atoms with E-state index in [9.17, 15) is 35.4 Å². The topological polar surface area (TPSA) is 175 Å². The van der Waals surface area contributed by atoms with Gasteiger partial charge in [0.15, 0.2) is 12.6 Å². The van der Waals surface area contributed by atoms with Crippen molar-refractivity contribution in [3.8, 4) is 0 Å². The molecule has 0 aromatic heterocycles. The summed E-state index contributed by atoms with van der Waals surface area (Å²) in [5, 5.41) is 57.8. The molecule has 0 aliphatic carbocycles. The zero-order valence-electron chi connectivity index (χ0n) is 15.2. The summed E-state index contributed by atoms with van der Waals surface area (Å²) in [5.74, 6) is -2.31. The zero-order valence-corrected chi connectivity index (χ0v) is 15.2. The van der Waals surface area contributed by atoms with Crippen molar-refractivity contribution in [2.24, 2.45) is 11.8 Å². The molecule has 0 unspecified atom stereocenters. The zero-order chi connectivity index (χ0) is 21.0. The van der Waals surface area contributed by atoms with E-state index in [0.717, 1.165) is 13.4 Å². The molecule has 0 bridgehead atoms. The van der Waals surface area contributed by atoms with Gasteiger partial charge in [0.05, 0.1) is 25.6 Å². The van der Waals surface area contributed by atoms with Crippen LogP contribution in [-0.2, 0) is 23.7 Å².